The molecule has 1 heterocycles. The van der Waals surface area contributed by atoms with Crippen molar-refractivity contribution in [3.63, 3.8) is 0 Å². The predicted octanol–water partition coefficient (Wildman–Crippen LogP) is 3.17. The average molecular weight is 452 g/mol. The monoisotopic (exact) mass is 451 g/mol. The summed E-state index contributed by atoms with van der Waals surface area (Å²) in [6, 6.07) is 8.11. The van der Waals surface area contributed by atoms with Gasteiger partial charge in [-0.05, 0) is 42.5 Å². The minimum absolute atomic E-state index is 0.118. The Balaban J connectivity index is 1.81. The van der Waals surface area contributed by atoms with Gasteiger partial charge in [-0.25, -0.2) is 8.42 Å². The molecule has 2 N–H and O–H groups in total. The summed E-state index contributed by atoms with van der Waals surface area (Å²) in [7, 11) is -3.49. The molecule has 30 heavy (non-hydrogen) atoms. The Labute approximate surface area is 182 Å². The van der Waals surface area contributed by atoms with E-state index in [2.05, 4.69) is 10.6 Å². The highest BCUT2D eigenvalue weighted by Crippen LogP contribution is 2.19. The third kappa shape index (κ3) is 6.38. The van der Waals surface area contributed by atoms with Crippen LogP contribution in [0.4, 0.5) is 0 Å². The van der Waals surface area contributed by atoms with Crippen LogP contribution in [-0.2, 0) is 14.8 Å². The van der Waals surface area contributed by atoms with Gasteiger partial charge in [0.2, 0.25) is 15.9 Å². The Morgan fingerprint density at radius 1 is 1.10 bits per heavy atom. The van der Waals surface area contributed by atoms with E-state index in [-0.39, 0.29) is 22.8 Å². The van der Waals surface area contributed by atoms with E-state index in [1.165, 1.54) is 15.6 Å². The molecule has 1 aromatic carbocycles. The van der Waals surface area contributed by atoms with Crippen LogP contribution in [0.5, 0.6) is 0 Å². The fourth-order valence-electron chi connectivity index (χ4n) is 2.98. The molecule has 0 aliphatic carbocycles. The van der Waals surface area contributed by atoms with Crippen molar-refractivity contribution in [3.05, 3.63) is 52.2 Å². The fraction of sp³-hybridized carbons (Fsp3) is 0.429. The number of thiophene rings is 1. The van der Waals surface area contributed by atoms with E-state index in [1.54, 1.807) is 49.6 Å². The summed E-state index contributed by atoms with van der Waals surface area (Å²) in [6.45, 7) is 6.72. The SMILES string of the molecule is CCN(CC)S(=O)(=O)c1ccc(C(C)NC(=O)CCCNC(=O)c2ccsc2)cc1. The zero-order valence-corrected chi connectivity index (χ0v) is 19.2. The van der Waals surface area contributed by atoms with Crippen molar-refractivity contribution in [1.29, 1.82) is 0 Å². The number of carbonyl (C=O) groups is 2. The molecular formula is C21H29N3O4S2. The molecule has 0 saturated carbocycles. The van der Waals surface area contributed by atoms with E-state index >= 15 is 0 Å². The van der Waals surface area contributed by atoms with Crippen LogP contribution in [0.1, 0.15) is 55.6 Å². The Bertz CT molecular complexity index is 922. The lowest BCUT2D eigenvalue weighted by atomic mass is 10.1. The van der Waals surface area contributed by atoms with E-state index in [0.717, 1.165) is 5.56 Å². The summed E-state index contributed by atoms with van der Waals surface area (Å²) in [6.07, 6.45) is 0.832. The fourth-order valence-corrected chi connectivity index (χ4v) is 5.08. The van der Waals surface area contributed by atoms with E-state index in [0.29, 0.717) is 38.0 Å². The van der Waals surface area contributed by atoms with Gasteiger partial charge in [0.05, 0.1) is 10.9 Å². The molecule has 0 saturated heterocycles. The number of benzene rings is 1. The van der Waals surface area contributed by atoms with Crippen LogP contribution in [0.25, 0.3) is 0 Å². The standard InChI is InChI=1S/C21H29N3O4S2/c1-4-24(5-2)30(27,28)19-10-8-17(9-11-19)16(3)23-20(25)7-6-13-22-21(26)18-12-14-29-15-18/h8-12,14-16H,4-7,13H2,1-3H3,(H,22,26)(H,23,25). The van der Waals surface area contributed by atoms with Crippen LogP contribution in [-0.4, -0.2) is 44.2 Å². The highest BCUT2D eigenvalue weighted by atomic mass is 32.2. The van der Waals surface area contributed by atoms with Gasteiger partial charge in [0.25, 0.3) is 5.91 Å². The topological polar surface area (TPSA) is 95.6 Å². The van der Waals surface area contributed by atoms with Crippen LogP contribution in [0, 0.1) is 0 Å². The normalized spacial score (nSPS) is 12.5. The summed E-state index contributed by atoms with van der Waals surface area (Å²) in [4.78, 5) is 24.3. The summed E-state index contributed by atoms with van der Waals surface area (Å²) in [5.74, 6) is -0.253. The minimum Gasteiger partial charge on any atom is -0.352 e. The van der Waals surface area contributed by atoms with E-state index < -0.39 is 10.0 Å². The lowest BCUT2D eigenvalue weighted by Crippen LogP contribution is -2.30. The van der Waals surface area contributed by atoms with Gasteiger partial charge in [-0.1, -0.05) is 26.0 Å². The molecule has 0 spiro atoms. The summed E-state index contributed by atoms with van der Waals surface area (Å²) in [5, 5.41) is 9.32. The molecular weight excluding hydrogens is 422 g/mol. The third-order valence-electron chi connectivity index (χ3n) is 4.75. The first-order chi connectivity index (χ1) is 14.3. The Hall–Kier alpha value is -2.23. The first kappa shape index (κ1) is 24.0. The molecule has 0 aliphatic rings. The van der Waals surface area contributed by atoms with Crippen LogP contribution in [0.15, 0.2) is 46.0 Å². The van der Waals surface area contributed by atoms with Gasteiger partial charge < -0.3 is 10.6 Å². The first-order valence-corrected chi connectivity index (χ1v) is 12.4. The average Bonchev–Trinajstić information content (AvgIpc) is 3.27. The lowest BCUT2D eigenvalue weighted by Gasteiger charge is -2.19. The van der Waals surface area contributed by atoms with Crippen LogP contribution in [0.2, 0.25) is 0 Å². The molecule has 0 bridgehead atoms. The van der Waals surface area contributed by atoms with Crippen LogP contribution >= 0.6 is 11.3 Å². The van der Waals surface area contributed by atoms with Gasteiger partial charge >= 0.3 is 0 Å². The minimum atomic E-state index is -3.49. The van der Waals surface area contributed by atoms with Crippen molar-refractivity contribution in [2.45, 2.75) is 44.6 Å². The molecule has 164 valence electrons. The number of amides is 2. The van der Waals surface area contributed by atoms with Gasteiger partial charge in [-0.15, -0.1) is 0 Å². The molecule has 2 rings (SSSR count). The van der Waals surface area contributed by atoms with E-state index in [4.69, 9.17) is 0 Å². The number of rotatable bonds is 11. The molecule has 0 aliphatic heterocycles. The molecule has 1 atom stereocenters. The maximum Gasteiger partial charge on any atom is 0.252 e. The second-order valence-corrected chi connectivity index (χ2v) is 9.54. The quantitative estimate of drug-likeness (QED) is 0.513. The van der Waals surface area contributed by atoms with Crippen molar-refractivity contribution in [1.82, 2.24) is 14.9 Å². The summed E-state index contributed by atoms with van der Waals surface area (Å²) >= 11 is 1.46. The maximum atomic E-state index is 12.5. The third-order valence-corrected chi connectivity index (χ3v) is 7.50. The zero-order chi connectivity index (χ0) is 22.1. The van der Waals surface area contributed by atoms with Crippen molar-refractivity contribution in [2.75, 3.05) is 19.6 Å². The molecule has 0 fully saturated rings. The zero-order valence-electron chi connectivity index (χ0n) is 17.6. The van der Waals surface area contributed by atoms with Crippen LogP contribution in [0.3, 0.4) is 0 Å². The van der Waals surface area contributed by atoms with Crippen molar-refractivity contribution in [2.24, 2.45) is 0 Å². The number of carbonyl (C=O) groups excluding carboxylic acids is 2. The second-order valence-electron chi connectivity index (χ2n) is 6.82. The highest BCUT2D eigenvalue weighted by molar-refractivity contribution is 7.89. The number of sulfonamides is 1. The highest BCUT2D eigenvalue weighted by Gasteiger charge is 2.21. The number of hydrogen-bond donors (Lipinski definition) is 2. The van der Waals surface area contributed by atoms with Gasteiger partial charge in [0.1, 0.15) is 0 Å². The second kappa shape index (κ2) is 11.2. The van der Waals surface area contributed by atoms with Crippen LogP contribution < -0.4 is 10.6 Å². The van der Waals surface area contributed by atoms with Gasteiger partial charge in [-0.3, -0.25) is 9.59 Å². The van der Waals surface area contributed by atoms with Crippen molar-refractivity contribution in [3.8, 4) is 0 Å². The molecule has 2 aromatic rings. The molecule has 2 amide bonds. The van der Waals surface area contributed by atoms with Gasteiger partial charge in [-0.2, -0.15) is 15.6 Å². The molecule has 9 heteroatoms. The summed E-state index contributed by atoms with van der Waals surface area (Å²) < 4.78 is 26.5. The Morgan fingerprint density at radius 3 is 2.33 bits per heavy atom. The first-order valence-electron chi connectivity index (χ1n) is 9.99. The van der Waals surface area contributed by atoms with Crippen molar-refractivity contribution >= 4 is 33.2 Å². The summed E-state index contributed by atoms with van der Waals surface area (Å²) in [5.41, 5.74) is 1.46. The lowest BCUT2D eigenvalue weighted by molar-refractivity contribution is -0.121. The molecule has 1 unspecified atom stereocenters. The molecule has 0 radical (unpaired) electrons. The van der Waals surface area contributed by atoms with Gasteiger partial charge in [0.15, 0.2) is 0 Å². The van der Waals surface area contributed by atoms with E-state index in [1.807, 2.05) is 12.3 Å². The van der Waals surface area contributed by atoms with Gasteiger partial charge in [0, 0.05) is 37.0 Å². The van der Waals surface area contributed by atoms with E-state index in [9.17, 15) is 18.0 Å². The maximum absolute atomic E-state index is 12.5. The predicted molar refractivity (Wildman–Crippen MR) is 119 cm³/mol. The van der Waals surface area contributed by atoms with Crippen molar-refractivity contribution < 1.29 is 18.0 Å². The number of nitrogens with zero attached hydrogens (tertiary/aromatic N) is 1. The Morgan fingerprint density at radius 2 is 1.77 bits per heavy atom. The largest absolute Gasteiger partial charge is 0.352 e. The number of nitrogens with one attached hydrogen (secondary N) is 2. The smallest absolute Gasteiger partial charge is 0.252 e. The Kier molecular flexibility index (Phi) is 9.01. The molecule has 1 aromatic heterocycles. The molecule has 7 nitrogen and oxygen atoms in total. The number of hydrogen-bond acceptors (Lipinski definition) is 5.